The van der Waals surface area contributed by atoms with Crippen LogP contribution in [0, 0.1) is 24.2 Å². The maximum Gasteiger partial charge on any atom is 0.309 e. The topological polar surface area (TPSA) is 81.6 Å². The van der Waals surface area contributed by atoms with E-state index in [1.807, 2.05) is 39.0 Å². The Morgan fingerprint density at radius 3 is 2.63 bits per heavy atom. The Hall–Kier alpha value is -2.16. The van der Waals surface area contributed by atoms with Crippen molar-refractivity contribution in [3.05, 3.63) is 45.1 Å². The smallest absolute Gasteiger partial charge is 0.309 e. The van der Waals surface area contributed by atoms with E-state index in [0.29, 0.717) is 34.7 Å². The fourth-order valence-electron chi connectivity index (χ4n) is 6.22. The molecule has 1 aliphatic carbocycles. The van der Waals surface area contributed by atoms with E-state index in [2.05, 4.69) is 25.1 Å². The minimum Gasteiger partial charge on any atom is -0.481 e. The number of likely N-dealkylation sites (tertiary alicyclic amines) is 1. The van der Waals surface area contributed by atoms with Crippen LogP contribution < -0.4 is 10.2 Å². The molecule has 0 spiro atoms. The standard InChI is InChI=1S/C28H36Cl2FN5O2/c1-16-6-7-21(22(29)9-16)17(2)32-25-24(30)23(12-31)33-27(34-25)36-14-19(15-36)18-5-4-8-35(13-18)20-10-28(3,11-20)26(37)38/h6-7,9,17-20H,4-5,8,10-15H2,1-3H3,(H,37,38)(H,32,33,34). The molecule has 2 N–H and O–H groups in total. The number of aryl methyl sites for hydroxylation is 1. The number of alkyl halides is 1. The van der Waals surface area contributed by atoms with E-state index in [1.54, 1.807) is 0 Å². The maximum absolute atomic E-state index is 13.8. The predicted molar refractivity (Wildman–Crippen MR) is 149 cm³/mol. The van der Waals surface area contributed by atoms with E-state index in [-0.39, 0.29) is 16.8 Å². The molecule has 2 aromatic rings. The number of nitrogens with one attached hydrogen (secondary N) is 1. The first-order chi connectivity index (χ1) is 18.1. The van der Waals surface area contributed by atoms with Crippen molar-refractivity contribution >= 4 is 40.9 Å². The molecule has 3 heterocycles. The van der Waals surface area contributed by atoms with Gasteiger partial charge in [-0.3, -0.25) is 4.79 Å². The van der Waals surface area contributed by atoms with Crippen LogP contribution in [0.5, 0.6) is 0 Å². The Balaban J connectivity index is 1.23. The van der Waals surface area contributed by atoms with Crippen molar-refractivity contribution in [1.82, 2.24) is 14.9 Å². The molecule has 2 saturated heterocycles. The summed E-state index contributed by atoms with van der Waals surface area (Å²) >= 11 is 12.9. The summed E-state index contributed by atoms with van der Waals surface area (Å²) in [6, 6.07) is 6.09. The lowest BCUT2D eigenvalue weighted by Crippen LogP contribution is -2.58. The number of hydrogen-bond donors (Lipinski definition) is 2. The van der Waals surface area contributed by atoms with Gasteiger partial charge in [0.1, 0.15) is 11.7 Å². The molecule has 0 amide bonds. The zero-order chi connectivity index (χ0) is 27.2. The number of aliphatic carboxylic acids is 1. The van der Waals surface area contributed by atoms with Crippen molar-refractivity contribution in [2.45, 2.75) is 65.2 Å². The van der Waals surface area contributed by atoms with Crippen LogP contribution in [0.15, 0.2) is 18.2 Å². The summed E-state index contributed by atoms with van der Waals surface area (Å²) in [4.78, 5) is 25.2. The van der Waals surface area contributed by atoms with Gasteiger partial charge in [0, 0.05) is 30.7 Å². The van der Waals surface area contributed by atoms with E-state index in [9.17, 15) is 14.3 Å². The highest BCUT2D eigenvalue weighted by Crippen LogP contribution is 2.45. The highest BCUT2D eigenvalue weighted by atomic mass is 35.5. The lowest BCUT2D eigenvalue weighted by molar-refractivity contribution is -0.158. The zero-order valence-corrected chi connectivity index (χ0v) is 23.7. The quantitative estimate of drug-likeness (QED) is 0.399. The normalized spacial score (nSPS) is 26.9. The lowest BCUT2D eigenvalue weighted by atomic mass is 9.65. The summed E-state index contributed by atoms with van der Waals surface area (Å²) in [5, 5.41) is 13.6. The second-order valence-electron chi connectivity index (χ2n) is 11.6. The van der Waals surface area contributed by atoms with Crippen LogP contribution in [-0.2, 0) is 11.5 Å². The van der Waals surface area contributed by atoms with Gasteiger partial charge in [-0.1, -0.05) is 35.3 Å². The number of hydrogen-bond acceptors (Lipinski definition) is 6. The molecule has 3 aliphatic rings. The number of carboxylic acid groups (broad SMARTS) is 1. The number of nitrogens with zero attached hydrogens (tertiary/aromatic N) is 4. The van der Waals surface area contributed by atoms with E-state index < -0.39 is 18.1 Å². The van der Waals surface area contributed by atoms with E-state index in [0.717, 1.165) is 56.6 Å². The summed E-state index contributed by atoms with van der Waals surface area (Å²) in [6.45, 7) is 8.75. The number of rotatable bonds is 8. The van der Waals surface area contributed by atoms with Gasteiger partial charge in [0.2, 0.25) is 5.95 Å². The molecule has 2 aliphatic heterocycles. The summed E-state index contributed by atoms with van der Waals surface area (Å²) in [7, 11) is 0. The van der Waals surface area contributed by atoms with Gasteiger partial charge >= 0.3 is 5.97 Å². The predicted octanol–water partition coefficient (Wildman–Crippen LogP) is 6.14. The first-order valence-electron chi connectivity index (χ1n) is 13.5. The van der Waals surface area contributed by atoms with Crippen molar-refractivity contribution in [1.29, 1.82) is 0 Å². The minimum absolute atomic E-state index is 0.178. The Kier molecular flexibility index (Phi) is 7.77. The Bertz CT molecular complexity index is 1200. The van der Waals surface area contributed by atoms with Crippen LogP contribution >= 0.6 is 23.2 Å². The van der Waals surface area contributed by atoms with Crippen LogP contribution in [-0.4, -0.2) is 58.2 Å². The highest BCUT2D eigenvalue weighted by Gasteiger charge is 2.49. The summed E-state index contributed by atoms with van der Waals surface area (Å²) < 4.78 is 13.8. The SMILES string of the molecule is Cc1ccc(C(C)Nc2nc(N3CC(C4CCCN(C5CC(C)(C(=O)O)C5)C4)C3)nc(CF)c2Cl)c(Cl)c1. The van der Waals surface area contributed by atoms with Crippen LogP contribution in [0.2, 0.25) is 10.0 Å². The minimum atomic E-state index is -0.770. The second-order valence-corrected chi connectivity index (χ2v) is 12.4. The van der Waals surface area contributed by atoms with Gasteiger partial charge in [-0.05, 0) is 82.0 Å². The van der Waals surface area contributed by atoms with Crippen molar-refractivity contribution < 1.29 is 14.3 Å². The Morgan fingerprint density at radius 2 is 1.97 bits per heavy atom. The largest absolute Gasteiger partial charge is 0.481 e. The third-order valence-corrected chi connectivity index (χ3v) is 9.49. The molecule has 3 fully saturated rings. The number of carboxylic acids is 1. The van der Waals surface area contributed by atoms with Crippen LogP contribution in [0.3, 0.4) is 0 Å². The molecule has 10 heteroatoms. The van der Waals surface area contributed by atoms with Gasteiger partial charge in [0.25, 0.3) is 0 Å². The second kappa shape index (κ2) is 10.8. The summed E-state index contributed by atoms with van der Waals surface area (Å²) in [5.74, 6) is 1.29. The fraction of sp³-hybridized carbons (Fsp3) is 0.607. The first kappa shape index (κ1) is 27.4. The molecule has 2 unspecified atom stereocenters. The molecule has 1 aromatic heterocycles. The van der Waals surface area contributed by atoms with Gasteiger partial charge in [0.05, 0.1) is 17.2 Å². The number of benzene rings is 1. The van der Waals surface area contributed by atoms with E-state index in [1.165, 1.54) is 6.42 Å². The van der Waals surface area contributed by atoms with Crippen molar-refractivity contribution in [2.75, 3.05) is 36.4 Å². The molecule has 206 valence electrons. The number of anilines is 2. The number of carbonyl (C=O) groups is 1. The average Bonchev–Trinajstić information content (AvgIpc) is 2.82. The molecule has 7 nitrogen and oxygen atoms in total. The van der Waals surface area contributed by atoms with Gasteiger partial charge < -0.3 is 20.2 Å². The third kappa shape index (κ3) is 5.32. The maximum atomic E-state index is 13.8. The molecule has 2 atom stereocenters. The van der Waals surface area contributed by atoms with Crippen LogP contribution in [0.1, 0.15) is 62.4 Å². The summed E-state index contributed by atoms with van der Waals surface area (Å²) in [5.41, 5.74) is 1.60. The van der Waals surface area contributed by atoms with E-state index >= 15 is 0 Å². The number of halogens is 3. The van der Waals surface area contributed by atoms with Gasteiger partial charge in [-0.2, -0.15) is 4.98 Å². The van der Waals surface area contributed by atoms with Crippen molar-refractivity contribution in [2.24, 2.45) is 17.3 Å². The Morgan fingerprint density at radius 1 is 1.24 bits per heavy atom. The lowest BCUT2D eigenvalue weighted by Gasteiger charge is -2.52. The monoisotopic (exact) mass is 563 g/mol. The van der Waals surface area contributed by atoms with Gasteiger partial charge in [-0.25, -0.2) is 9.37 Å². The Labute approximate surface area is 233 Å². The first-order valence-corrected chi connectivity index (χ1v) is 14.2. The molecular formula is C28H36Cl2FN5O2. The van der Waals surface area contributed by atoms with Gasteiger partial charge in [0.15, 0.2) is 5.82 Å². The number of piperidine rings is 1. The molecular weight excluding hydrogens is 528 g/mol. The molecule has 0 radical (unpaired) electrons. The van der Waals surface area contributed by atoms with E-state index in [4.69, 9.17) is 23.2 Å². The molecule has 0 bridgehead atoms. The summed E-state index contributed by atoms with van der Waals surface area (Å²) in [6.07, 6.45) is 3.78. The van der Waals surface area contributed by atoms with Crippen molar-refractivity contribution in [3.8, 4) is 0 Å². The highest BCUT2D eigenvalue weighted by molar-refractivity contribution is 6.33. The van der Waals surface area contributed by atoms with Crippen LogP contribution in [0.25, 0.3) is 0 Å². The molecule has 38 heavy (non-hydrogen) atoms. The number of aromatic nitrogens is 2. The fourth-order valence-corrected chi connectivity index (χ4v) is 6.80. The zero-order valence-electron chi connectivity index (χ0n) is 22.2. The molecule has 5 rings (SSSR count). The van der Waals surface area contributed by atoms with Gasteiger partial charge in [-0.15, -0.1) is 0 Å². The van der Waals surface area contributed by atoms with Crippen molar-refractivity contribution in [3.63, 3.8) is 0 Å². The molecule has 1 aromatic carbocycles. The molecule has 1 saturated carbocycles. The third-order valence-electron chi connectivity index (χ3n) is 8.76. The van der Waals surface area contributed by atoms with Crippen LogP contribution in [0.4, 0.5) is 16.2 Å². The average molecular weight is 565 g/mol.